The van der Waals surface area contributed by atoms with Crippen LogP contribution in [-0.2, 0) is 13.2 Å². The molecule has 1 saturated heterocycles. The topological polar surface area (TPSA) is 42.1 Å². The molecule has 0 amide bonds. The Labute approximate surface area is 154 Å². The predicted octanol–water partition coefficient (Wildman–Crippen LogP) is 2.09. The predicted molar refractivity (Wildman–Crippen MR) is 101 cm³/mol. The summed E-state index contributed by atoms with van der Waals surface area (Å²) in [4.78, 5) is 8.77. The van der Waals surface area contributed by atoms with Gasteiger partial charge in [-0.15, -0.1) is 6.42 Å². The fourth-order valence-corrected chi connectivity index (χ4v) is 3.36. The lowest BCUT2D eigenvalue weighted by atomic mass is 10.2. The van der Waals surface area contributed by atoms with Gasteiger partial charge in [0.25, 0.3) is 0 Å². The van der Waals surface area contributed by atoms with E-state index in [0.717, 1.165) is 68.5 Å². The van der Waals surface area contributed by atoms with Gasteiger partial charge in [-0.3, -0.25) is 19.4 Å². The molecule has 132 valence electrons. The van der Waals surface area contributed by atoms with Gasteiger partial charge in [0, 0.05) is 50.7 Å². The third-order valence-corrected chi connectivity index (χ3v) is 4.85. The lowest BCUT2D eigenvalue weighted by Gasteiger charge is -2.33. The highest BCUT2D eigenvalue weighted by molar-refractivity contribution is 7.71. The number of nitrogens with zero attached hydrogens (tertiary/aromatic N) is 6. The molecule has 2 aromatic rings. The van der Waals surface area contributed by atoms with E-state index in [-0.39, 0.29) is 0 Å². The highest BCUT2D eigenvalue weighted by Crippen LogP contribution is 2.18. The molecule has 3 heterocycles. The zero-order chi connectivity index (χ0) is 17.6. The van der Waals surface area contributed by atoms with Crippen LogP contribution in [0.5, 0.6) is 0 Å². The van der Waals surface area contributed by atoms with E-state index in [4.69, 9.17) is 23.7 Å². The molecule has 7 heteroatoms. The van der Waals surface area contributed by atoms with Crippen LogP contribution in [0.1, 0.15) is 13.3 Å². The van der Waals surface area contributed by atoms with Crippen molar-refractivity contribution in [2.24, 2.45) is 0 Å². The highest BCUT2D eigenvalue weighted by Gasteiger charge is 2.18. The average Bonchev–Trinajstić information content (AvgIpc) is 2.94. The molecular formula is C18H24N6S. The Hall–Kier alpha value is -2.01. The van der Waals surface area contributed by atoms with Crippen LogP contribution in [0.3, 0.4) is 0 Å². The second-order valence-electron chi connectivity index (χ2n) is 6.23. The first-order chi connectivity index (χ1) is 12.2. The van der Waals surface area contributed by atoms with Gasteiger partial charge in [0.2, 0.25) is 0 Å². The van der Waals surface area contributed by atoms with Gasteiger partial charge in [-0.1, -0.05) is 12.8 Å². The molecule has 0 unspecified atom stereocenters. The third-order valence-electron chi connectivity index (χ3n) is 4.42. The van der Waals surface area contributed by atoms with Crippen LogP contribution in [0.25, 0.3) is 11.4 Å². The Kier molecular flexibility index (Phi) is 5.97. The van der Waals surface area contributed by atoms with Crippen LogP contribution in [0.4, 0.5) is 0 Å². The second kappa shape index (κ2) is 8.39. The fourth-order valence-electron chi connectivity index (χ4n) is 3.08. The largest absolute Gasteiger partial charge is 0.300 e. The van der Waals surface area contributed by atoms with E-state index in [0.29, 0.717) is 0 Å². The summed E-state index contributed by atoms with van der Waals surface area (Å²) >= 11 is 5.70. The van der Waals surface area contributed by atoms with Gasteiger partial charge in [0.05, 0.1) is 13.2 Å². The first kappa shape index (κ1) is 17.8. The summed E-state index contributed by atoms with van der Waals surface area (Å²) < 4.78 is 4.84. The van der Waals surface area contributed by atoms with Gasteiger partial charge >= 0.3 is 0 Å². The molecule has 1 aliphatic heterocycles. The highest BCUT2D eigenvalue weighted by atomic mass is 32.1. The Morgan fingerprint density at radius 2 is 1.84 bits per heavy atom. The van der Waals surface area contributed by atoms with Crippen molar-refractivity contribution in [3.63, 3.8) is 0 Å². The average molecular weight is 356 g/mol. The van der Waals surface area contributed by atoms with Crippen molar-refractivity contribution in [1.82, 2.24) is 29.1 Å². The van der Waals surface area contributed by atoms with Crippen molar-refractivity contribution in [2.45, 2.75) is 26.6 Å². The number of pyridine rings is 1. The van der Waals surface area contributed by atoms with Crippen molar-refractivity contribution in [3.05, 3.63) is 29.3 Å². The molecule has 0 atom stereocenters. The van der Waals surface area contributed by atoms with Crippen molar-refractivity contribution in [2.75, 3.05) is 32.7 Å². The maximum atomic E-state index is 5.70. The molecule has 1 fully saturated rings. The summed E-state index contributed by atoms with van der Waals surface area (Å²) in [5.41, 5.74) is 1.05. The second-order valence-corrected chi connectivity index (χ2v) is 6.60. The molecule has 3 rings (SSSR count). The monoisotopic (exact) mass is 356 g/mol. The number of hydrogen-bond donors (Lipinski definition) is 0. The van der Waals surface area contributed by atoms with Crippen LogP contribution in [0, 0.1) is 17.1 Å². The Morgan fingerprint density at radius 1 is 1.16 bits per heavy atom. The maximum Gasteiger partial charge on any atom is 0.199 e. The van der Waals surface area contributed by atoms with Gasteiger partial charge in [-0.05, 0) is 30.8 Å². The summed E-state index contributed by atoms with van der Waals surface area (Å²) in [6.07, 6.45) is 10.00. The molecule has 0 radical (unpaired) electrons. The minimum atomic E-state index is 0.720. The minimum Gasteiger partial charge on any atom is -0.300 e. The van der Waals surface area contributed by atoms with Gasteiger partial charge in [0.15, 0.2) is 10.6 Å². The zero-order valence-corrected chi connectivity index (χ0v) is 15.5. The summed E-state index contributed by atoms with van der Waals surface area (Å²) in [5.74, 6) is 3.64. The van der Waals surface area contributed by atoms with Crippen LogP contribution < -0.4 is 0 Å². The van der Waals surface area contributed by atoms with Crippen molar-refractivity contribution >= 4 is 12.2 Å². The molecule has 0 aromatic carbocycles. The molecule has 0 bridgehead atoms. The van der Waals surface area contributed by atoms with Gasteiger partial charge in [0.1, 0.15) is 0 Å². The Bertz CT molecular complexity index is 780. The maximum absolute atomic E-state index is 5.70. The van der Waals surface area contributed by atoms with E-state index in [1.165, 1.54) is 0 Å². The lowest BCUT2D eigenvalue weighted by molar-refractivity contribution is 0.111. The molecular weight excluding hydrogens is 332 g/mol. The number of hydrogen-bond acceptors (Lipinski definition) is 5. The van der Waals surface area contributed by atoms with Crippen molar-refractivity contribution < 1.29 is 0 Å². The van der Waals surface area contributed by atoms with E-state index in [1.54, 1.807) is 12.4 Å². The zero-order valence-electron chi connectivity index (χ0n) is 14.6. The Balaban J connectivity index is 1.79. The summed E-state index contributed by atoms with van der Waals surface area (Å²) in [6, 6.07) is 3.96. The van der Waals surface area contributed by atoms with Gasteiger partial charge in [-0.25, -0.2) is 4.68 Å². The number of piperazine rings is 1. The number of rotatable bonds is 6. The molecule has 0 N–H and O–H groups in total. The minimum absolute atomic E-state index is 0.720. The SMILES string of the molecule is C#CCN1CCN(Cn2nc(-c3ccncc3)n(CCC)c2=S)CC1. The van der Waals surface area contributed by atoms with E-state index >= 15 is 0 Å². The molecule has 2 aromatic heterocycles. The van der Waals surface area contributed by atoms with E-state index < -0.39 is 0 Å². The third kappa shape index (κ3) is 4.15. The summed E-state index contributed by atoms with van der Waals surface area (Å²) in [6.45, 7) is 8.41. The quantitative estimate of drug-likeness (QED) is 0.586. The Morgan fingerprint density at radius 3 is 2.48 bits per heavy atom. The van der Waals surface area contributed by atoms with Gasteiger partial charge in [-0.2, -0.15) is 5.10 Å². The summed E-state index contributed by atoms with van der Waals surface area (Å²) in [5, 5.41) is 4.81. The number of terminal acetylenes is 1. The molecule has 0 saturated carbocycles. The number of aromatic nitrogens is 4. The fraction of sp³-hybridized carbons (Fsp3) is 0.500. The van der Waals surface area contributed by atoms with E-state index in [2.05, 4.69) is 32.2 Å². The van der Waals surface area contributed by atoms with Crippen LogP contribution in [-0.4, -0.2) is 61.9 Å². The molecule has 6 nitrogen and oxygen atoms in total. The van der Waals surface area contributed by atoms with Crippen LogP contribution >= 0.6 is 12.2 Å². The van der Waals surface area contributed by atoms with Crippen LogP contribution in [0.2, 0.25) is 0 Å². The first-order valence-corrected chi connectivity index (χ1v) is 9.10. The van der Waals surface area contributed by atoms with Crippen LogP contribution in [0.15, 0.2) is 24.5 Å². The standard InChI is InChI=1S/C18H24N6S/c1-3-9-21-11-13-22(14-12-21)15-24-18(25)23(10-4-2)17(20-24)16-5-7-19-8-6-16/h1,5-8H,4,9-15H2,2H3. The van der Waals surface area contributed by atoms with E-state index in [1.807, 2.05) is 16.8 Å². The van der Waals surface area contributed by atoms with E-state index in [9.17, 15) is 0 Å². The smallest absolute Gasteiger partial charge is 0.199 e. The first-order valence-electron chi connectivity index (χ1n) is 8.69. The van der Waals surface area contributed by atoms with Crippen molar-refractivity contribution in [1.29, 1.82) is 0 Å². The molecule has 0 spiro atoms. The summed E-state index contributed by atoms with van der Waals surface area (Å²) in [7, 11) is 0. The lowest BCUT2D eigenvalue weighted by Crippen LogP contribution is -2.46. The molecule has 1 aliphatic rings. The van der Waals surface area contributed by atoms with Crippen molar-refractivity contribution in [3.8, 4) is 23.7 Å². The molecule has 25 heavy (non-hydrogen) atoms. The molecule has 0 aliphatic carbocycles. The van der Waals surface area contributed by atoms with Gasteiger partial charge < -0.3 is 0 Å². The normalized spacial score (nSPS) is 16.0.